The third-order valence-corrected chi connectivity index (χ3v) is 5.88. The van der Waals surface area contributed by atoms with Crippen LogP contribution in [0.1, 0.15) is 11.1 Å². The quantitative estimate of drug-likeness (QED) is 0.349. The van der Waals surface area contributed by atoms with Gasteiger partial charge in [-0.2, -0.15) is 5.10 Å². The molecule has 0 atom stereocenters. The standard InChI is InChI=1S/C29H25N3O5/c33-27(13-14-28(34)35)31(18-21-7-3-1-4-8-21)19-23-20-32(24-9-5-2-6-10-24)30-29(23)22-11-12-25-26(17-22)37-16-15-36-25/h1-14,17,20H,15-16,18-19H2,(H,34,35)/p-1/b14-13+. The van der Waals surface area contributed by atoms with Crippen LogP contribution in [0.15, 0.2) is 97.2 Å². The van der Waals surface area contributed by atoms with E-state index in [2.05, 4.69) is 0 Å². The van der Waals surface area contributed by atoms with Gasteiger partial charge in [0.2, 0.25) is 5.91 Å². The molecule has 2 heterocycles. The molecule has 0 aliphatic carbocycles. The molecule has 3 aromatic carbocycles. The van der Waals surface area contributed by atoms with E-state index < -0.39 is 11.9 Å². The number of amides is 1. The number of nitrogens with zero attached hydrogens (tertiary/aromatic N) is 3. The summed E-state index contributed by atoms with van der Waals surface area (Å²) in [5, 5.41) is 15.8. The molecule has 1 aromatic heterocycles. The molecule has 0 saturated heterocycles. The van der Waals surface area contributed by atoms with E-state index in [4.69, 9.17) is 14.6 Å². The predicted octanol–water partition coefficient (Wildman–Crippen LogP) is 3.15. The number of carbonyl (C=O) groups excluding carboxylic acids is 2. The van der Waals surface area contributed by atoms with Crippen molar-refractivity contribution < 1.29 is 24.2 Å². The summed E-state index contributed by atoms with van der Waals surface area (Å²) < 4.78 is 13.2. The predicted molar refractivity (Wildman–Crippen MR) is 135 cm³/mol. The van der Waals surface area contributed by atoms with Crippen molar-refractivity contribution in [2.75, 3.05) is 13.2 Å². The van der Waals surface area contributed by atoms with Gasteiger partial charge >= 0.3 is 0 Å². The first-order valence-electron chi connectivity index (χ1n) is 11.8. The molecule has 5 rings (SSSR count). The fourth-order valence-corrected chi connectivity index (χ4v) is 4.14. The SMILES string of the molecule is O=C([O-])/C=C/C(=O)N(Cc1ccccc1)Cc1cn(-c2ccccc2)nc1-c1ccc2c(c1)OCCO2. The first kappa shape index (κ1) is 23.9. The minimum Gasteiger partial charge on any atom is -0.545 e. The lowest BCUT2D eigenvalue weighted by Crippen LogP contribution is -2.29. The lowest BCUT2D eigenvalue weighted by atomic mass is 10.1. The molecule has 0 bridgehead atoms. The minimum absolute atomic E-state index is 0.196. The molecule has 37 heavy (non-hydrogen) atoms. The first-order valence-corrected chi connectivity index (χ1v) is 11.8. The maximum atomic E-state index is 13.1. The van der Waals surface area contributed by atoms with Crippen LogP contribution >= 0.6 is 0 Å². The van der Waals surface area contributed by atoms with Crippen LogP contribution in [0, 0.1) is 0 Å². The number of carboxylic acids is 1. The van der Waals surface area contributed by atoms with Gasteiger partial charge < -0.3 is 24.3 Å². The Morgan fingerprint density at radius 3 is 2.32 bits per heavy atom. The average molecular weight is 495 g/mol. The summed E-state index contributed by atoms with van der Waals surface area (Å²) in [6.07, 6.45) is 3.65. The summed E-state index contributed by atoms with van der Waals surface area (Å²) in [6, 6.07) is 24.8. The molecule has 4 aromatic rings. The molecule has 0 unspecified atom stereocenters. The fourth-order valence-electron chi connectivity index (χ4n) is 4.14. The maximum absolute atomic E-state index is 13.1. The monoisotopic (exact) mass is 494 g/mol. The van der Waals surface area contributed by atoms with Crippen LogP contribution in [0.2, 0.25) is 0 Å². The molecule has 8 heteroatoms. The molecule has 0 radical (unpaired) electrons. The second-order valence-electron chi connectivity index (χ2n) is 8.47. The topological polar surface area (TPSA) is 96.7 Å². The molecule has 0 fully saturated rings. The minimum atomic E-state index is -1.43. The normalized spacial score (nSPS) is 12.4. The Kier molecular flexibility index (Phi) is 6.98. The zero-order valence-electron chi connectivity index (χ0n) is 19.9. The Hall–Kier alpha value is -4.85. The van der Waals surface area contributed by atoms with E-state index in [1.807, 2.05) is 85.1 Å². The van der Waals surface area contributed by atoms with Crippen LogP contribution in [-0.2, 0) is 22.7 Å². The number of carbonyl (C=O) groups is 2. The maximum Gasteiger partial charge on any atom is 0.247 e. The fraction of sp³-hybridized carbons (Fsp3) is 0.138. The van der Waals surface area contributed by atoms with Crippen LogP contribution in [0.4, 0.5) is 0 Å². The molecule has 186 valence electrons. The molecular formula is C29H24N3O5-. The highest BCUT2D eigenvalue weighted by Crippen LogP contribution is 2.35. The number of aromatic nitrogens is 2. The Morgan fingerprint density at radius 2 is 1.59 bits per heavy atom. The van der Waals surface area contributed by atoms with E-state index in [-0.39, 0.29) is 13.1 Å². The van der Waals surface area contributed by atoms with Crippen LogP contribution in [-0.4, -0.2) is 39.8 Å². The second kappa shape index (κ2) is 10.8. The third kappa shape index (κ3) is 5.70. The number of benzene rings is 3. The summed E-state index contributed by atoms with van der Waals surface area (Å²) >= 11 is 0. The van der Waals surface area contributed by atoms with Crippen LogP contribution in [0.5, 0.6) is 11.5 Å². The van der Waals surface area contributed by atoms with Gasteiger partial charge in [0, 0.05) is 29.9 Å². The smallest absolute Gasteiger partial charge is 0.247 e. The van der Waals surface area contributed by atoms with Crippen LogP contribution in [0.3, 0.4) is 0 Å². The summed E-state index contributed by atoms with van der Waals surface area (Å²) in [7, 11) is 0. The van der Waals surface area contributed by atoms with Gasteiger partial charge in [-0.15, -0.1) is 0 Å². The molecule has 0 N–H and O–H groups in total. The van der Waals surface area contributed by atoms with Crippen molar-refractivity contribution in [1.82, 2.24) is 14.7 Å². The van der Waals surface area contributed by atoms with Gasteiger partial charge in [0.05, 0.1) is 23.9 Å². The molecular weight excluding hydrogens is 470 g/mol. The summed E-state index contributed by atoms with van der Waals surface area (Å²) in [4.78, 5) is 25.6. The molecule has 1 aliphatic rings. The number of rotatable bonds is 8. The molecule has 0 spiro atoms. The van der Waals surface area contributed by atoms with E-state index in [0.29, 0.717) is 30.4 Å². The number of hydrogen-bond donors (Lipinski definition) is 0. The average Bonchev–Trinajstić information content (AvgIpc) is 3.36. The number of fused-ring (bicyclic) bond motifs is 1. The van der Waals surface area contributed by atoms with E-state index in [1.165, 1.54) is 0 Å². The second-order valence-corrected chi connectivity index (χ2v) is 8.47. The summed E-state index contributed by atoms with van der Waals surface area (Å²) in [6.45, 7) is 1.44. The van der Waals surface area contributed by atoms with Gasteiger partial charge in [-0.3, -0.25) is 4.79 Å². The molecule has 8 nitrogen and oxygen atoms in total. The van der Waals surface area contributed by atoms with Crippen molar-refractivity contribution in [3.8, 4) is 28.4 Å². The Morgan fingerprint density at radius 1 is 0.892 bits per heavy atom. The molecule has 0 saturated carbocycles. The van der Waals surface area contributed by atoms with Gasteiger partial charge in [-0.05, 0) is 42.0 Å². The zero-order chi connectivity index (χ0) is 25.6. The Balaban J connectivity index is 1.55. The number of ether oxygens (including phenoxy) is 2. The Bertz CT molecular complexity index is 1430. The van der Waals surface area contributed by atoms with Crippen LogP contribution in [0.25, 0.3) is 16.9 Å². The highest BCUT2D eigenvalue weighted by molar-refractivity contribution is 5.93. The van der Waals surface area contributed by atoms with Gasteiger partial charge in [-0.1, -0.05) is 48.5 Å². The number of aliphatic carboxylic acids is 1. The van der Waals surface area contributed by atoms with E-state index >= 15 is 0 Å². The third-order valence-electron chi connectivity index (χ3n) is 5.88. The molecule has 1 aliphatic heterocycles. The highest BCUT2D eigenvalue weighted by atomic mass is 16.6. The first-order chi connectivity index (χ1) is 18.1. The van der Waals surface area contributed by atoms with Crippen LogP contribution < -0.4 is 14.6 Å². The summed E-state index contributed by atoms with van der Waals surface area (Å²) in [5.74, 6) is -0.569. The van der Waals surface area contributed by atoms with E-state index in [9.17, 15) is 14.7 Å². The lowest BCUT2D eigenvalue weighted by molar-refractivity contribution is -0.297. The van der Waals surface area contributed by atoms with Crippen molar-refractivity contribution in [1.29, 1.82) is 0 Å². The highest BCUT2D eigenvalue weighted by Gasteiger charge is 2.21. The Labute approximate surface area is 214 Å². The zero-order valence-corrected chi connectivity index (χ0v) is 19.9. The van der Waals surface area contributed by atoms with Crippen molar-refractivity contribution in [2.45, 2.75) is 13.1 Å². The van der Waals surface area contributed by atoms with E-state index in [1.54, 1.807) is 9.58 Å². The van der Waals surface area contributed by atoms with E-state index in [0.717, 1.165) is 34.5 Å². The van der Waals surface area contributed by atoms with Gasteiger partial charge in [0.15, 0.2) is 11.5 Å². The number of para-hydroxylation sites is 1. The number of carboxylic acid groups (broad SMARTS) is 1. The van der Waals surface area contributed by atoms with Gasteiger partial charge in [0.25, 0.3) is 0 Å². The van der Waals surface area contributed by atoms with Crippen molar-refractivity contribution in [2.24, 2.45) is 0 Å². The largest absolute Gasteiger partial charge is 0.545 e. The van der Waals surface area contributed by atoms with Gasteiger partial charge in [0.1, 0.15) is 13.2 Å². The van der Waals surface area contributed by atoms with Gasteiger partial charge in [-0.25, -0.2) is 4.68 Å². The van der Waals surface area contributed by atoms with Crippen molar-refractivity contribution >= 4 is 11.9 Å². The summed E-state index contributed by atoms with van der Waals surface area (Å²) in [5.41, 5.74) is 4.05. The van der Waals surface area contributed by atoms with Crippen molar-refractivity contribution in [3.05, 3.63) is 108 Å². The molecule has 1 amide bonds. The van der Waals surface area contributed by atoms with Crippen molar-refractivity contribution in [3.63, 3.8) is 0 Å². The number of hydrogen-bond acceptors (Lipinski definition) is 6. The lowest BCUT2D eigenvalue weighted by Gasteiger charge is -2.22.